The largest absolute Gasteiger partial charge is 0.497 e. The number of benzene rings is 3. The minimum atomic E-state index is -4.25. The average Bonchev–Trinajstić information content (AvgIpc) is 2.92. The Kier molecular flexibility index (Phi) is 10.1. The van der Waals surface area contributed by atoms with Crippen molar-refractivity contribution in [3.8, 4) is 5.75 Å². The number of nitrogens with zero attached hydrogens (tertiary/aromatic N) is 2. The highest BCUT2D eigenvalue weighted by molar-refractivity contribution is 7.92. The summed E-state index contributed by atoms with van der Waals surface area (Å²) in [5.41, 5.74) is 1.01. The van der Waals surface area contributed by atoms with Crippen molar-refractivity contribution in [2.45, 2.75) is 50.7 Å². The number of amides is 2. The Balaban J connectivity index is 2.03. The third-order valence-electron chi connectivity index (χ3n) is 6.05. The molecule has 3 rings (SSSR count). The fraction of sp³-hybridized carbons (Fsp3) is 0.310. The zero-order valence-electron chi connectivity index (χ0n) is 22.5. The van der Waals surface area contributed by atoms with Crippen LogP contribution in [0.15, 0.2) is 83.8 Å². The third-order valence-corrected chi connectivity index (χ3v) is 7.84. The van der Waals surface area contributed by atoms with E-state index in [-0.39, 0.29) is 29.1 Å². The van der Waals surface area contributed by atoms with Crippen molar-refractivity contribution in [3.63, 3.8) is 0 Å². The molecule has 0 heterocycles. The highest BCUT2D eigenvalue weighted by atomic mass is 32.2. The van der Waals surface area contributed by atoms with Crippen molar-refractivity contribution in [3.05, 3.63) is 90.2 Å². The van der Waals surface area contributed by atoms with E-state index in [0.29, 0.717) is 12.2 Å². The molecule has 0 spiro atoms. The maximum Gasteiger partial charge on any atom is 0.264 e. The van der Waals surface area contributed by atoms with Crippen molar-refractivity contribution in [2.24, 2.45) is 0 Å². The average molecular weight is 556 g/mol. The first-order chi connectivity index (χ1) is 18.6. The summed E-state index contributed by atoms with van der Waals surface area (Å²) < 4.78 is 47.1. The van der Waals surface area contributed by atoms with Gasteiger partial charge in [-0.15, -0.1) is 0 Å². The molecule has 0 aliphatic rings. The molecule has 208 valence electrons. The van der Waals surface area contributed by atoms with Crippen LogP contribution < -0.4 is 14.4 Å². The Morgan fingerprint density at radius 1 is 0.949 bits per heavy atom. The molecule has 0 fully saturated rings. The molecule has 0 radical (unpaired) electrons. The Morgan fingerprint density at radius 2 is 1.56 bits per heavy atom. The van der Waals surface area contributed by atoms with Crippen molar-refractivity contribution in [1.29, 1.82) is 0 Å². The van der Waals surface area contributed by atoms with Gasteiger partial charge in [0.25, 0.3) is 10.0 Å². The minimum Gasteiger partial charge on any atom is -0.497 e. The number of carbonyl (C=O) groups excluding carboxylic acids is 2. The van der Waals surface area contributed by atoms with E-state index in [9.17, 15) is 22.4 Å². The number of ether oxygens (including phenoxy) is 1. The van der Waals surface area contributed by atoms with Gasteiger partial charge < -0.3 is 15.0 Å². The smallest absolute Gasteiger partial charge is 0.264 e. The van der Waals surface area contributed by atoms with Gasteiger partial charge in [-0.25, -0.2) is 12.8 Å². The molecule has 8 nitrogen and oxygen atoms in total. The summed E-state index contributed by atoms with van der Waals surface area (Å²) in [6, 6.07) is 18.7. The molecule has 0 aliphatic carbocycles. The highest BCUT2D eigenvalue weighted by Gasteiger charge is 2.33. The van der Waals surface area contributed by atoms with E-state index < -0.39 is 34.3 Å². The van der Waals surface area contributed by atoms with Crippen LogP contribution in [0.25, 0.3) is 0 Å². The lowest BCUT2D eigenvalue weighted by atomic mass is 10.1. The lowest BCUT2D eigenvalue weighted by molar-refractivity contribution is -0.140. The van der Waals surface area contributed by atoms with Gasteiger partial charge in [-0.2, -0.15) is 0 Å². The SMILES string of the molecule is CC[C@@H](C(=O)NC(C)C)N(Cc1ccc(OC)cc1)C(=O)CN(c1ccccc1)S(=O)(=O)c1ccc(F)cc1. The maximum atomic E-state index is 13.9. The first-order valence-electron chi connectivity index (χ1n) is 12.6. The summed E-state index contributed by atoms with van der Waals surface area (Å²) in [6.45, 7) is 4.96. The van der Waals surface area contributed by atoms with E-state index in [4.69, 9.17) is 4.74 Å². The van der Waals surface area contributed by atoms with Crippen LogP contribution in [-0.2, 0) is 26.2 Å². The van der Waals surface area contributed by atoms with Crippen molar-refractivity contribution in [1.82, 2.24) is 10.2 Å². The van der Waals surface area contributed by atoms with E-state index in [1.165, 1.54) is 4.90 Å². The van der Waals surface area contributed by atoms with Gasteiger partial charge in [0.1, 0.15) is 24.2 Å². The highest BCUT2D eigenvalue weighted by Crippen LogP contribution is 2.25. The van der Waals surface area contributed by atoms with Gasteiger partial charge in [-0.05, 0) is 74.4 Å². The lowest BCUT2D eigenvalue weighted by Crippen LogP contribution is -2.53. The summed E-state index contributed by atoms with van der Waals surface area (Å²) in [5.74, 6) is -0.834. The number of hydrogen-bond acceptors (Lipinski definition) is 5. The van der Waals surface area contributed by atoms with Crippen LogP contribution in [0.4, 0.5) is 10.1 Å². The van der Waals surface area contributed by atoms with E-state index >= 15 is 0 Å². The molecule has 0 saturated carbocycles. The van der Waals surface area contributed by atoms with Crippen molar-refractivity contribution >= 4 is 27.5 Å². The van der Waals surface area contributed by atoms with Crippen LogP contribution in [0.3, 0.4) is 0 Å². The second-order valence-corrected chi connectivity index (χ2v) is 11.1. The van der Waals surface area contributed by atoms with Gasteiger partial charge >= 0.3 is 0 Å². The summed E-state index contributed by atoms with van der Waals surface area (Å²) in [7, 11) is -2.70. The van der Waals surface area contributed by atoms with Gasteiger partial charge in [0.2, 0.25) is 11.8 Å². The number of rotatable bonds is 12. The summed E-state index contributed by atoms with van der Waals surface area (Å²) in [5, 5.41) is 2.86. The summed E-state index contributed by atoms with van der Waals surface area (Å²) in [4.78, 5) is 28.3. The second-order valence-electron chi connectivity index (χ2n) is 9.26. The number of anilines is 1. The Bertz CT molecular complexity index is 1350. The number of halogens is 1. The monoisotopic (exact) mass is 555 g/mol. The number of para-hydroxylation sites is 1. The predicted octanol–water partition coefficient (Wildman–Crippen LogP) is 4.36. The van der Waals surface area contributed by atoms with Gasteiger partial charge in [-0.1, -0.05) is 37.3 Å². The molecule has 1 atom stereocenters. The molecule has 39 heavy (non-hydrogen) atoms. The van der Waals surface area contributed by atoms with E-state index in [0.717, 1.165) is 34.1 Å². The van der Waals surface area contributed by atoms with Gasteiger partial charge in [-0.3, -0.25) is 13.9 Å². The normalized spacial score (nSPS) is 12.1. The zero-order chi connectivity index (χ0) is 28.6. The van der Waals surface area contributed by atoms with Gasteiger partial charge in [0.15, 0.2) is 0 Å². The molecular formula is C29H34FN3O5S. The van der Waals surface area contributed by atoms with Crippen LogP contribution in [0.1, 0.15) is 32.8 Å². The molecular weight excluding hydrogens is 521 g/mol. The van der Waals surface area contributed by atoms with Crippen LogP contribution in [0.2, 0.25) is 0 Å². The van der Waals surface area contributed by atoms with Gasteiger partial charge in [0, 0.05) is 12.6 Å². The Hall–Kier alpha value is -3.92. The molecule has 3 aromatic carbocycles. The molecule has 1 N–H and O–H groups in total. The first-order valence-corrected chi connectivity index (χ1v) is 14.1. The fourth-order valence-corrected chi connectivity index (χ4v) is 5.50. The van der Waals surface area contributed by atoms with Crippen LogP contribution in [-0.4, -0.2) is 50.9 Å². The molecule has 0 aromatic heterocycles. The second kappa shape index (κ2) is 13.2. The predicted molar refractivity (Wildman–Crippen MR) is 148 cm³/mol. The van der Waals surface area contributed by atoms with E-state index in [1.807, 2.05) is 13.8 Å². The summed E-state index contributed by atoms with van der Waals surface area (Å²) in [6.07, 6.45) is 0.316. The molecule has 2 amide bonds. The quantitative estimate of drug-likeness (QED) is 0.358. The number of methoxy groups -OCH3 is 1. The number of hydrogen-bond donors (Lipinski definition) is 1. The molecule has 0 saturated heterocycles. The molecule has 0 aliphatic heterocycles. The van der Waals surface area contributed by atoms with Crippen molar-refractivity contribution in [2.75, 3.05) is 18.0 Å². The van der Waals surface area contributed by atoms with Crippen LogP contribution in [0.5, 0.6) is 5.75 Å². The third kappa shape index (κ3) is 7.57. The maximum absolute atomic E-state index is 13.9. The molecule has 0 unspecified atom stereocenters. The van der Waals surface area contributed by atoms with Gasteiger partial charge in [0.05, 0.1) is 17.7 Å². The van der Waals surface area contributed by atoms with E-state index in [1.54, 1.807) is 68.6 Å². The number of carbonyl (C=O) groups is 2. The fourth-order valence-electron chi connectivity index (χ4n) is 4.08. The first kappa shape index (κ1) is 29.6. The standard InChI is InChI=1S/C29H34FN3O5S/c1-5-27(29(35)31-21(2)3)32(19-22-11-15-25(38-4)16-12-22)28(34)20-33(24-9-7-6-8-10-24)39(36,37)26-17-13-23(30)14-18-26/h6-18,21,27H,5,19-20H2,1-4H3,(H,31,35)/t27-/m0/s1. The van der Waals surface area contributed by atoms with Crippen molar-refractivity contribution < 1.29 is 27.1 Å². The topological polar surface area (TPSA) is 96.0 Å². The lowest BCUT2D eigenvalue weighted by Gasteiger charge is -2.33. The zero-order valence-corrected chi connectivity index (χ0v) is 23.3. The minimum absolute atomic E-state index is 0.0755. The number of nitrogens with one attached hydrogen (secondary N) is 1. The van der Waals surface area contributed by atoms with Crippen LogP contribution in [0, 0.1) is 5.82 Å². The summed E-state index contributed by atoms with van der Waals surface area (Å²) >= 11 is 0. The molecule has 0 bridgehead atoms. The number of sulfonamides is 1. The van der Waals surface area contributed by atoms with Crippen LogP contribution >= 0.6 is 0 Å². The Morgan fingerprint density at radius 3 is 2.10 bits per heavy atom. The Labute approximate surface area is 229 Å². The van der Waals surface area contributed by atoms with E-state index in [2.05, 4.69) is 5.32 Å². The molecule has 3 aromatic rings. The molecule has 10 heteroatoms.